The van der Waals surface area contributed by atoms with Crippen molar-refractivity contribution in [3.05, 3.63) is 35.6 Å². The molecule has 5 nitrogen and oxygen atoms in total. The highest BCUT2D eigenvalue weighted by molar-refractivity contribution is 14.0. The summed E-state index contributed by atoms with van der Waals surface area (Å²) in [6.07, 6.45) is 2.59. The van der Waals surface area contributed by atoms with Crippen LogP contribution in [0.4, 0.5) is 4.39 Å². The molecule has 8 heteroatoms. The Labute approximate surface area is 172 Å². The van der Waals surface area contributed by atoms with E-state index in [1.54, 1.807) is 6.07 Å². The molecule has 2 N–H and O–H groups in total. The van der Waals surface area contributed by atoms with E-state index < -0.39 is 9.84 Å². The van der Waals surface area contributed by atoms with Crippen molar-refractivity contribution < 1.29 is 12.8 Å². The molecule has 2 aliphatic rings. The fraction of sp³-hybridized carbons (Fsp3) is 0.611. The van der Waals surface area contributed by atoms with Crippen LogP contribution in [0.15, 0.2) is 29.3 Å². The van der Waals surface area contributed by atoms with E-state index in [1.807, 2.05) is 19.1 Å². The standard InChI is InChI=1S/C18H26FN3O2S.HI/c1-2-20-17(21-11-14-7-10-25(23,24)12-14)22-13-18(8-9-18)15-5-3-4-6-16(15)19;/h3-6,14H,2,7-13H2,1H3,(H2,20,21,22);1H. The monoisotopic (exact) mass is 495 g/mol. The van der Waals surface area contributed by atoms with Gasteiger partial charge in [0.2, 0.25) is 0 Å². The molecule has 1 atom stereocenters. The van der Waals surface area contributed by atoms with Crippen LogP contribution >= 0.6 is 24.0 Å². The number of rotatable bonds is 6. The summed E-state index contributed by atoms with van der Waals surface area (Å²) in [5.74, 6) is 1.18. The highest BCUT2D eigenvalue weighted by Crippen LogP contribution is 2.49. The SMILES string of the molecule is CCNC(=NCC1(c2ccccc2F)CC1)NCC1CCS(=O)(=O)C1.I. The van der Waals surface area contributed by atoms with Gasteiger partial charge in [-0.2, -0.15) is 0 Å². The Hall–Kier alpha value is -0.900. The number of sulfone groups is 1. The van der Waals surface area contributed by atoms with Gasteiger partial charge in [-0.15, -0.1) is 24.0 Å². The van der Waals surface area contributed by atoms with Crippen molar-refractivity contribution in [2.75, 3.05) is 31.1 Å². The fourth-order valence-electron chi connectivity index (χ4n) is 3.40. The molecule has 1 aliphatic heterocycles. The maximum atomic E-state index is 14.1. The van der Waals surface area contributed by atoms with Crippen molar-refractivity contribution in [1.82, 2.24) is 10.6 Å². The first-order valence-corrected chi connectivity index (χ1v) is 10.7. The lowest BCUT2D eigenvalue weighted by Gasteiger charge is -2.17. The lowest BCUT2D eigenvalue weighted by atomic mass is 9.95. The van der Waals surface area contributed by atoms with E-state index in [4.69, 9.17) is 0 Å². The summed E-state index contributed by atoms with van der Waals surface area (Å²) in [7, 11) is -2.86. The maximum absolute atomic E-state index is 14.1. The molecule has 1 unspecified atom stereocenters. The Morgan fingerprint density at radius 2 is 2.04 bits per heavy atom. The van der Waals surface area contributed by atoms with E-state index in [-0.39, 0.29) is 52.6 Å². The van der Waals surface area contributed by atoms with Crippen LogP contribution in [0.2, 0.25) is 0 Å². The molecule has 0 bridgehead atoms. The largest absolute Gasteiger partial charge is 0.357 e. The van der Waals surface area contributed by atoms with Crippen LogP contribution in [-0.4, -0.2) is 45.5 Å². The third kappa shape index (κ3) is 5.31. The summed E-state index contributed by atoms with van der Waals surface area (Å²) in [6.45, 7) is 3.84. The second kappa shape index (κ2) is 8.86. The summed E-state index contributed by atoms with van der Waals surface area (Å²) >= 11 is 0. The molecule has 1 saturated carbocycles. The fourth-order valence-corrected chi connectivity index (χ4v) is 5.26. The zero-order chi connectivity index (χ0) is 17.9. The summed E-state index contributed by atoms with van der Waals surface area (Å²) in [5.41, 5.74) is 0.557. The summed E-state index contributed by atoms with van der Waals surface area (Å²) in [6, 6.07) is 6.93. The number of hydrogen-bond donors (Lipinski definition) is 2. The molecule has 1 aromatic rings. The Bertz CT molecular complexity index is 751. The Kier molecular flexibility index (Phi) is 7.29. The number of guanidine groups is 1. The molecule has 1 aromatic carbocycles. The second-order valence-corrected chi connectivity index (χ2v) is 9.33. The third-order valence-corrected chi connectivity index (χ3v) is 6.90. The van der Waals surface area contributed by atoms with Gasteiger partial charge >= 0.3 is 0 Å². The van der Waals surface area contributed by atoms with Gasteiger partial charge < -0.3 is 10.6 Å². The van der Waals surface area contributed by atoms with Gasteiger partial charge in [0.15, 0.2) is 15.8 Å². The quantitative estimate of drug-likeness (QED) is 0.362. The molecule has 0 amide bonds. The van der Waals surface area contributed by atoms with Crippen LogP contribution in [-0.2, 0) is 15.3 Å². The van der Waals surface area contributed by atoms with E-state index in [0.29, 0.717) is 25.5 Å². The molecule has 2 fully saturated rings. The topological polar surface area (TPSA) is 70.6 Å². The van der Waals surface area contributed by atoms with Crippen LogP contribution < -0.4 is 10.6 Å². The molecule has 0 radical (unpaired) electrons. The number of benzene rings is 1. The average molecular weight is 495 g/mol. The molecule has 1 saturated heterocycles. The first-order chi connectivity index (χ1) is 11.9. The van der Waals surface area contributed by atoms with Crippen molar-refractivity contribution in [1.29, 1.82) is 0 Å². The Balaban J connectivity index is 0.00000243. The molecular formula is C18H27FIN3O2S. The number of hydrogen-bond acceptors (Lipinski definition) is 3. The third-order valence-electron chi connectivity index (χ3n) is 5.07. The van der Waals surface area contributed by atoms with Crippen LogP contribution in [0, 0.1) is 11.7 Å². The normalized spacial score (nSPS) is 23.2. The molecule has 1 aliphatic carbocycles. The number of halogens is 2. The smallest absolute Gasteiger partial charge is 0.191 e. The molecule has 3 rings (SSSR count). The van der Waals surface area contributed by atoms with E-state index in [2.05, 4.69) is 15.6 Å². The molecular weight excluding hydrogens is 468 g/mol. The molecule has 26 heavy (non-hydrogen) atoms. The number of nitrogens with zero attached hydrogens (tertiary/aromatic N) is 1. The molecule has 0 spiro atoms. The van der Waals surface area contributed by atoms with Crippen molar-refractivity contribution in [3.8, 4) is 0 Å². The van der Waals surface area contributed by atoms with Gasteiger partial charge in [-0.25, -0.2) is 12.8 Å². The van der Waals surface area contributed by atoms with Gasteiger partial charge in [0, 0.05) is 18.5 Å². The lowest BCUT2D eigenvalue weighted by Crippen LogP contribution is -2.40. The van der Waals surface area contributed by atoms with Gasteiger partial charge in [-0.3, -0.25) is 4.99 Å². The zero-order valence-electron chi connectivity index (χ0n) is 15.0. The molecule has 0 aromatic heterocycles. The van der Waals surface area contributed by atoms with Crippen molar-refractivity contribution in [3.63, 3.8) is 0 Å². The van der Waals surface area contributed by atoms with E-state index in [0.717, 1.165) is 24.9 Å². The van der Waals surface area contributed by atoms with Crippen LogP contribution in [0.5, 0.6) is 0 Å². The minimum atomic E-state index is -2.86. The average Bonchev–Trinajstić information content (AvgIpc) is 3.28. The van der Waals surface area contributed by atoms with Gasteiger partial charge in [0.25, 0.3) is 0 Å². The molecule has 1 heterocycles. The van der Waals surface area contributed by atoms with Crippen LogP contribution in [0.3, 0.4) is 0 Å². The highest BCUT2D eigenvalue weighted by atomic mass is 127. The summed E-state index contributed by atoms with van der Waals surface area (Å²) in [5, 5.41) is 6.44. The van der Waals surface area contributed by atoms with Gasteiger partial charge in [-0.1, -0.05) is 18.2 Å². The van der Waals surface area contributed by atoms with Gasteiger partial charge in [-0.05, 0) is 43.7 Å². The van der Waals surface area contributed by atoms with Crippen LogP contribution in [0.25, 0.3) is 0 Å². The highest BCUT2D eigenvalue weighted by Gasteiger charge is 2.45. The van der Waals surface area contributed by atoms with Gasteiger partial charge in [0.05, 0.1) is 18.1 Å². The lowest BCUT2D eigenvalue weighted by molar-refractivity contribution is 0.561. The first kappa shape index (κ1) is 21.4. The van der Waals surface area contributed by atoms with Crippen molar-refractivity contribution in [2.45, 2.75) is 31.6 Å². The van der Waals surface area contributed by atoms with Crippen molar-refractivity contribution >= 4 is 39.8 Å². The predicted molar refractivity (Wildman–Crippen MR) is 113 cm³/mol. The minimum absolute atomic E-state index is 0. The van der Waals surface area contributed by atoms with E-state index >= 15 is 0 Å². The number of aliphatic imine (C=N–C) groups is 1. The first-order valence-electron chi connectivity index (χ1n) is 8.92. The maximum Gasteiger partial charge on any atom is 0.191 e. The number of nitrogens with one attached hydrogen (secondary N) is 2. The van der Waals surface area contributed by atoms with E-state index in [1.165, 1.54) is 6.07 Å². The Morgan fingerprint density at radius 3 is 2.62 bits per heavy atom. The summed E-state index contributed by atoms with van der Waals surface area (Å²) in [4.78, 5) is 4.64. The predicted octanol–water partition coefficient (Wildman–Crippen LogP) is 2.47. The zero-order valence-corrected chi connectivity index (χ0v) is 18.1. The Morgan fingerprint density at radius 1 is 1.31 bits per heavy atom. The summed E-state index contributed by atoms with van der Waals surface area (Å²) < 4.78 is 37.2. The van der Waals surface area contributed by atoms with Crippen LogP contribution in [0.1, 0.15) is 31.7 Å². The second-order valence-electron chi connectivity index (χ2n) is 7.11. The molecule has 146 valence electrons. The van der Waals surface area contributed by atoms with Gasteiger partial charge in [0.1, 0.15) is 5.82 Å². The van der Waals surface area contributed by atoms with Crippen molar-refractivity contribution in [2.24, 2.45) is 10.9 Å². The minimum Gasteiger partial charge on any atom is -0.357 e. The van der Waals surface area contributed by atoms with E-state index in [9.17, 15) is 12.8 Å².